The number of anilines is 1. The van der Waals surface area contributed by atoms with Gasteiger partial charge in [0, 0.05) is 19.1 Å². The van der Waals surface area contributed by atoms with E-state index in [2.05, 4.69) is 46.4 Å². The molecule has 2 rings (SSSR count). The Kier molecular flexibility index (Phi) is 5.14. The van der Waals surface area contributed by atoms with E-state index < -0.39 is 0 Å². The van der Waals surface area contributed by atoms with Crippen molar-refractivity contribution in [3.63, 3.8) is 0 Å². The minimum Gasteiger partial charge on any atom is -0.351 e. The predicted octanol–water partition coefficient (Wildman–Crippen LogP) is 2.25. The number of aromatic nitrogens is 2. The first-order chi connectivity index (χ1) is 9.20. The summed E-state index contributed by atoms with van der Waals surface area (Å²) in [6, 6.07) is 4.83. The van der Waals surface area contributed by atoms with Crippen LogP contribution in [0.1, 0.15) is 38.8 Å². The topological polar surface area (TPSA) is 41.0 Å². The Morgan fingerprint density at radius 2 is 2.16 bits per heavy atom. The van der Waals surface area contributed by atoms with Gasteiger partial charge in [-0.15, -0.1) is 5.10 Å². The summed E-state index contributed by atoms with van der Waals surface area (Å²) < 4.78 is 0. The van der Waals surface area contributed by atoms with Crippen LogP contribution < -0.4 is 10.2 Å². The highest BCUT2D eigenvalue weighted by Crippen LogP contribution is 2.22. The maximum atomic E-state index is 4.44. The zero-order chi connectivity index (χ0) is 13.7. The molecule has 4 heteroatoms. The number of hydrogen-bond acceptors (Lipinski definition) is 4. The molecule has 0 saturated carbocycles. The van der Waals surface area contributed by atoms with Crippen LogP contribution in [0.3, 0.4) is 0 Å². The summed E-state index contributed by atoms with van der Waals surface area (Å²) in [5.74, 6) is 1.67. The molecule has 1 aliphatic heterocycles. The van der Waals surface area contributed by atoms with E-state index in [1.165, 1.54) is 19.3 Å². The van der Waals surface area contributed by atoms with E-state index >= 15 is 0 Å². The molecule has 1 fully saturated rings. The summed E-state index contributed by atoms with van der Waals surface area (Å²) in [6.45, 7) is 6.55. The van der Waals surface area contributed by atoms with E-state index in [0.717, 1.165) is 31.0 Å². The molecule has 4 nitrogen and oxygen atoms in total. The number of likely N-dealkylation sites (N-methyl/N-ethyl adjacent to an activating group) is 1. The van der Waals surface area contributed by atoms with Gasteiger partial charge in [0.05, 0.1) is 5.69 Å². The van der Waals surface area contributed by atoms with Crippen molar-refractivity contribution in [2.75, 3.05) is 25.0 Å². The zero-order valence-corrected chi connectivity index (χ0v) is 12.4. The van der Waals surface area contributed by atoms with Gasteiger partial charge in [0.2, 0.25) is 0 Å². The van der Waals surface area contributed by atoms with Gasteiger partial charge >= 0.3 is 0 Å². The first-order valence-corrected chi connectivity index (χ1v) is 7.44. The molecule has 0 bridgehead atoms. The average Bonchev–Trinajstić information content (AvgIpc) is 2.40. The molecule has 1 N–H and O–H groups in total. The molecule has 0 aliphatic carbocycles. The Bertz CT molecular complexity index is 372. The third-order valence-corrected chi connectivity index (χ3v) is 3.68. The summed E-state index contributed by atoms with van der Waals surface area (Å²) in [5.41, 5.74) is 1.10. The molecule has 19 heavy (non-hydrogen) atoms. The van der Waals surface area contributed by atoms with E-state index in [4.69, 9.17) is 0 Å². The largest absolute Gasteiger partial charge is 0.351 e. The van der Waals surface area contributed by atoms with Gasteiger partial charge in [-0.05, 0) is 50.8 Å². The Hall–Kier alpha value is -1.16. The Morgan fingerprint density at radius 1 is 1.32 bits per heavy atom. The lowest BCUT2D eigenvalue weighted by Crippen LogP contribution is -2.45. The van der Waals surface area contributed by atoms with Gasteiger partial charge in [0.1, 0.15) is 0 Å². The number of nitrogens with one attached hydrogen (secondary N) is 1. The van der Waals surface area contributed by atoms with Gasteiger partial charge in [-0.1, -0.05) is 13.8 Å². The highest BCUT2D eigenvalue weighted by Gasteiger charge is 2.23. The molecule has 0 radical (unpaired) electrons. The third-order valence-electron chi connectivity index (χ3n) is 3.68. The minimum atomic E-state index is 0.559. The molecular weight excluding hydrogens is 236 g/mol. The minimum absolute atomic E-state index is 0.559. The van der Waals surface area contributed by atoms with Crippen LogP contribution in [0.25, 0.3) is 0 Å². The van der Waals surface area contributed by atoms with Crippen LogP contribution in [0.4, 0.5) is 5.82 Å². The third kappa shape index (κ3) is 3.90. The van der Waals surface area contributed by atoms with Crippen molar-refractivity contribution in [2.24, 2.45) is 5.92 Å². The molecule has 1 atom stereocenters. The van der Waals surface area contributed by atoms with E-state index in [-0.39, 0.29) is 0 Å². The van der Waals surface area contributed by atoms with Crippen molar-refractivity contribution in [1.29, 1.82) is 0 Å². The highest BCUT2D eigenvalue weighted by atomic mass is 15.3. The molecule has 1 aromatic heterocycles. The Labute approximate surface area is 116 Å². The molecule has 1 saturated heterocycles. The Balaban J connectivity index is 2.06. The van der Waals surface area contributed by atoms with Crippen LogP contribution in [-0.2, 0) is 6.42 Å². The molecular formula is C15H26N4. The van der Waals surface area contributed by atoms with Gasteiger partial charge in [-0.3, -0.25) is 0 Å². The van der Waals surface area contributed by atoms with Gasteiger partial charge in [0.15, 0.2) is 5.82 Å². The van der Waals surface area contributed by atoms with Crippen LogP contribution in [0.15, 0.2) is 12.1 Å². The molecule has 1 aromatic rings. The van der Waals surface area contributed by atoms with Crippen molar-refractivity contribution >= 4 is 5.82 Å². The fraction of sp³-hybridized carbons (Fsp3) is 0.733. The molecule has 106 valence electrons. The predicted molar refractivity (Wildman–Crippen MR) is 79.5 cm³/mol. The van der Waals surface area contributed by atoms with Crippen LogP contribution >= 0.6 is 0 Å². The monoisotopic (exact) mass is 262 g/mol. The zero-order valence-electron chi connectivity index (χ0n) is 12.4. The molecule has 1 unspecified atom stereocenters. The van der Waals surface area contributed by atoms with Gasteiger partial charge < -0.3 is 10.2 Å². The molecule has 1 aliphatic rings. The van der Waals surface area contributed by atoms with Crippen LogP contribution in [0, 0.1) is 5.92 Å². The average molecular weight is 262 g/mol. The lowest BCUT2D eigenvalue weighted by Gasteiger charge is -2.36. The van der Waals surface area contributed by atoms with Crippen LogP contribution in [-0.4, -0.2) is 36.4 Å². The number of rotatable bonds is 5. The second-order valence-electron chi connectivity index (χ2n) is 5.88. The summed E-state index contributed by atoms with van der Waals surface area (Å²) in [5, 5.41) is 12.1. The number of piperidine rings is 1. The second kappa shape index (κ2) is 6.85. The van der Waals surface area contributed by atoms with E-state index in [9.17, 15) is 0 Å². The molecule has 0 amide bonds. The fourth-order valence-electron chi connectivity index (χ4n) is 2.78. The smallest absolute Gasteiger partial charge is 0.151 e. The number of nitrogens with zero attached hydrogens (tertiary/aromatic N) is 3. The summed E-state index contributed by atoms with van der Waals surface area (Å²) >= 11 is 0. The van der Waals surface area contributed by atoms with Crippen molar-refractivity contribution < 1.29 is 0 Å². The Morgan fingerprint density at radius 3 is 2.79 bits per heavy atom. The van der Waals surface area contributed by atoms with Gasteiger partial charge in [0.25, 0.3) is 0 Å². The van der Waals surface area contributed by atoms with E-state index in [1.54, 1.807) is 0 Å². The lowest BCUT2D eigenvalue weighted by molar-refractivity contribution is 0.442. The summed E-state index contributed by atoms with van der Waals surface area (Å²) in [6.07, 6.45) is 4.83. The highest BCUT2D eigenvalue weighted by molar-refractivity contribution is 5.39. The molecule has 2 heterocycles. The van der Waals surface area contributed by atoms with Crippen molar-refractivity contribution in [2.45, 2.75) is 45.6 Å². The second-order valence-corrected chi connectivity index (χ2v) is 5.88. The van der Waals surface area contributed by atoms with Crippen molar-refractivity contribution in [3.05, 3.63) is 17.8 Å². The molecule has 0 spiro atoms. The van der Waals surface area contributed by atoms with Gasteiger partial charge in [-0.2, -0.15) is 5.10 Å². The normalized spacial score (nSPS) is 20.0. The van der Waals surface area contributed by atoms with Crippen LogP contribution in [0.5, 0.6) is 0 Å². The quantitative estimate of drug-likeness (QED) is 0.883. The van der Waals surface area contributed by atoms with Crippen molar-refractivity contribution in [1.82, 2.24) is 15.5 Å². The lowest BCUT2D eigenvalue weighted by atomic mass is 10.0. The number of hydrogen-bond donors (Lipinski definition) is 1. The van der Waals surface area contributed by atoms with Crippen molar-refractivity contribution in [3.8, 4) is 0 Å². The fourth-order valence-corrected chi connectivity index (χ4v) is 2.78. The van der Waals surface area contributed by atoms with E-state index in [0.29, 0.717) is 12.0 Å². The summed E-state index contributed by atoms with van der Waals surface area (Å²) in [7, 11) is 2.02. The van der Waals surface area contributed by atoms with E-state index in [1.807, 2.05) is 7.05 Å². The molecule has 0 aromatic carbocycles. The van der Waals surface area contributed by atoms with Crippen LogP contribution in [0.2, 0.25) is 0 Å². The maximum Gasteiger partial charge on any atom is 0.151 e. The first kappa shape index (κ1) is 14.3. The van der Waals surface area contributed by atoms with Gasteiger partial charge in [-0.25, -0.2) is 0 Å². The SMILES string of the molecule is CNCC1CCCCN1c1ccc(CC(C)C)nn1. The maximum absolute atomic E-state index is 4.44. The standard InChI is InChI=1S/C15H26N4/c1-12(2)10-13-7-8-15(18-17-13)19-9-5-4-6-14(19)11-16-3/h7-8,12,14,16H,4-6,9-11H2,1-3H3. The summed E-state index contributed by atoms with van der Waals surface area (Å²) in [4.78, 5) is 2.41. The first-order valence-electron chi connectivity index (χ1n) is 7.44.